The number of hydrogen-bond donors (Lipinski definition) is 2. The average molecular weight is 441 g/mol. The van der Waals surface area contributed by atoms with Crippen LogP contribution in [0.2, 0.25) is 0 Å². The maximum atomic E-state index is 11.7. The van der Waals surface area contributed by atoms with Gasteiger partial charge in [-0.05, 0) is 25.8 Å². The van der Waals surface area contributed by atoms with Crippen LogP contribution in [-0.4, -0.2) is 24.5 Å². The molecule has 0 unspecified atom stereocenters. The predicted molar refractivity (Wildman–Crippen MR) is 131 cm³/mol. The lowest BCUT2D eigenvalue weighted by atomic mass is 10.0. The minimum atomic E-state index is -0.717. The van der Waals surface area contributed by atoms with E-state index in [1.165, 1.54) is 89.9 Å². The minimum Gasteiger partial charge on any atom is -0.392 e. The molecule has 0 aromatic rings. The number of esters is 2. The molecule has 0 aromatic carbocycles. The van der Waals surface area contributed by atoms with E-state index < -0.39 is 18.0 Å². The summed E-state index contributed by atoms with van der Waals surface area (Å²) in [6.45, 7) is 2.86. The third kappa shape index (κ3) is 22.1. The number of unbranched alkanes of at least 4 members (excludes halogenated alkanes) is 17. The first-order valence-corrected chi connectivity index (χ1v) is 13.3. The Kier molecular flexibility index (Phi) is 23.0. The zero-order valence-electron chi connectivity index (χ0n) is 20.5. The molecule has 0 fully saturated rings. The summed E-state index contributed by atoms with van der Waals surface area (Å²) >= 11 is 0. The fourth-order valence-corrected chi connectivity index (χ4v) is 3.86. The summed E-state index contributed by atoms with van der Waals surface area (Å²) in [6.07, 6.45) is 24.6. The van der Waals surface area contributed by atoms with Crippen molar-refractivity contribution in [2.24, 2.45) is 11.5 Å². The molecule has 31 heavy (non-hydrogen) atoms. The van der Waals surface area contributed by atoms with Gasteiger partial charge in [0, 0.05) is 6.42 Å². The first-order valence-electron chi connectivity index (χ1n) is 13.3. The molecule has 0 amide bonds. The Labute approximate surface area is 192 Å². The van der Waals surface area contributed by atoms with Crippen LogP contribution in [-0.2, 0) is 14.3 Å². The summed E-state index contributed by atoms with van der Waals surface area (Å²) in [4.78, 5) is 23.5. The van der Waals surface area contributed by atoms with Gasteiger partial charge >= 0.3 is 11.9 Å². The highest BCUT2D eigenvalue weighted by Gasteiger charge is 2.18. The van der Waals surface area contributed by atoms with Gasteiger partial charge < -0.3 is 16.2 Å². The van der Waals surface area contributed by atoms with Crippen LogP contribution in [0.25, 0.3) is 0 Å². The van der Waals surface area contributed by atoms with Crippen LogP contribution in [0.3, 0.4) is 0 Å². The molecule has 0 aliphatic heterocycles. The molecule has 0 heterocycles. The lowest BCUT2D eigenvalue weighted by Gasteiger charge is -2.09. The van der Waals surface area contributed by atoms with E-state index in [4.69, 9.17) is 16.2 Å². The van der Waals surface area contributed by atoms with Crippen molar-refractivity contribution in [3.05, 3.63) is 0 Å². The predicted octanol–water partition coefficient (Wildman–Crippen LogP) is 6.55. The standard InChI is InChI=1S/C26H52N2O3/c1-2-3-4-5-6-7-8-9-10-11-12-13-14-15-16-17-18-22-25(29)31-26(30)24(28)21-19-20-23-27/h24H,2-23,27-28H2,1H3/t24-/m0/s1. The Morgan fingerprint density at radius 1 is 0.645 bits per heavy atom. The molecule has 0 bridgehead atoms. The van der Waals surface area contributed by atoms with Gasteiger partial charge in [0.15, 0.2) is 0 Å². The summed E-state index contributed by atoms with van der Waals surface area (Å²) < 4.78 is 4.84. The van der Waals surface area contributed by atoms with Crippen LogP contribution in [0.1, 0.15) is 142 Å². The SMILES string of the molecule is CCCCCCCCCCCCCCCCCCCC(=O)OC(=O)[C@@H](N)CCCCN. The fourth-order valence-electron chi connectivity index (χ4n) is 3.86. The van der Waals surface area contributed by atoms with Gasteiger partial charge in [0.25, 0.3) is 0 Å². The first-order chi connectivity index (χ1) is 15.1. The second-order valence-corrected chi connectivity index (χ2v) is 9.09. The Hall–Kier alpha value is -0.940. The second-order valence-electron chi connectivity index (χ2n) is 9.09. The molecule has 0 aromatic heterocycles. The Balaban J connectivity index is 3.31. The molecular weight excluding hydrogens is 388 g/mol. The maximum Gasteiger partial charge on any atom is 0.330 e. The molecule has 5 heteroatoms. The zero-order valence-corrected chi connectivity index (χ0v) is 20.5. The van der Waals surface area contributed by atoms with Crippen LogP contribution in [0, 0.1) is 0 Å². The maximum absolute atomic E-state index is 11.7. The van der Waals surface area contributed by atoms with Gasteiger partial charge in [-0.2, -0.15) is 0 Å². The number of carbonyl (C=O) groups excluding carboxylic acids is 2. The lowest BCUT2D eigenvalue weighted by Crippen LogP contribution is -2.33. The van der Waals surface area contributed by atoms with Crippen molar-refractivity contribution in [1.82, 2.24) is 0 Å². The molecule has 0 aliphatic rings. The largest absolute Gasteiger partial charge is 0.392 e. The Morgan fingerprint density at radius 3 is 1.48 bits per heavy atom. The molecule has 0 rings (SSSR count). The van der Waals surface area contributed by atoms with E-state index in [0.717, 1.165) is 32.1 Å². The van der Waals surface area contributed by atoms with Gasteiger partial charge in [0.1, 0.15) is 6.04 Å². The van der Waals surface area contributed by atoms with Crippen LogP contribution >= 0.6 is 0 Å². The van der Waals surface area contributed by atoms with Gasteiger partial charge in [0.2, 0.25) is 0 Å². The topological polar surface area (TPSA) is 95.4 Å². The lowest BCUT2D eigenvalue weighted by molar-refractivity contribution is -0.160. The van der Waals surface area contributed by atoms with Gasteiger partial charge in [-0.25, -0.2) is 4.79 Å². The molecule has 184 valence electrons. The van der Waals surface area contributed by atoms with Crippen LogP contribution in [0.15, 0.2) is 0 Å². The summed E-state index contributed by atoms with van der Waals surface area (Å²) in [5.41, 5.74) is 11.1. The van der Waals surface area contributed by atoms with E-state index in [1.54, 1.807) is 0 Å². The van der Waals surface area contributed by atoms with E-state index in [-0.39, 0.29) is 0 Å². The normalized spacial score (nSPS) is 12.1. The Morgan fingerprint density at radius 2 is 1.06 bits per heavy atom. The monoisotopic (exact) mass is 440 g/mol. The van der Waals surface area contributed by atoms with Crippen molar-refractivity contribution in [3.8, 4) is 0 Å². The number of hydrogen-bond acceptors (Lipinski definition) is 5. The van der Waals surface area contributed by atoms with Crippen molar-refractivity contribution in [1.29, 1.82) is 0 Å². The molecule has 0 spiro atoms. The van der Waals surface area contributed by atoms with Crippen LogP contribution in [0.5, 0.6) is 0 Å². The fraction of sp³-hybridized carbons (Fsp3) is 0.923. The summed E-state index contributed by atoms with van der Waals surface area (Å²) in [5, 5.41) is 0. The van der Waals surface area contributed by atoms with Gasteiger partial charge in [-0.1, -0.05) is 116 Å². The van der Waals surface area contributed by atoms with Gasteiger partial charge in [-0.15, -0.1) is 0 Å². The summed E-state index contributed by atoms with van der Waals surface area (Å²) in [5.74, 6) is -1.05. The second kappa shape index (κ2) is 23.7. The third-order valence-electron chi connectivity index (χ3n) is 5.97. The number of carbonyl (C=O) groups is 2. The molecule has 0 aliphatic carbocycles. The van der Waals surface area contributed by atoms with Crippen LogP contribution < -0.4 is 11.5 Å². The molecule has 0 saturated heterocycles. The van der Waals surface area contributed by atoms with Crippen LogP contribution in [0.4, 0.5) is 0 Å². The third-order valence-corrected chi connectivity index (χ3v) is 5.97. The molecular formula is C26H52N2O3. The number of nitrogens with two attached hydrogens (primary N) is 2. The molecule has 0 radical (unpaired) electrons. The van der Waals surface area contributed by atoms with Crippen molar-refractivity contribution in [2.45, 2.75) is 148 Å². The smallest absolute Gasteiger partial charge is 0.330 e. The van der Waals surface area contributed by atoms with E-state index in [1.807, 2.05) is 0 Å². The zero-order chi connectivity index (χ0) is 23.0. The number of ether oxygens (including phenoxy) is 1. The molecule has 0 saturated carbocycles. The van der Waals surface area contributed by atoms with Gasteiger partial charge in [-0.3, -0.25) is 4.79 Å². The van der Waals surface area contributed by atoms with Crippen molar-refractivity contribution >= 4 is 11.9 Å². The minimum absolute atomic E-state index is 0.305. The van der Waals surface area contributed by atoms with Crippen molar-refractivity contribution in [2.75, 3.05) is 6.54 Å². The van der Waals surface area contributed by atoms with Gasteiger partial charge in [0.05, 0.1) is 0 Å². The Bertz CT molecular complexity index is 415. The highest BCUT2D eigenvalue weighted by molar-refractivity contribution is 5.88. The van der Waals surface area contributed by atoms with E-state index in [9.17, 15) is 9.59 Å². The average Bonchev–Trinajstić information content (AvgIpc) is 2.75. The van der Waals surface area contributed by atoms with E-state index in [0.29, 0.717) is 19.4 Å². The van der Waals surface area contributed by atoms with E-state index in [2.05, 4.69) is 6.92 Å². The first kappa shape index (κ1) is 30.1. The van der Waals surface area contributed by atoms with Crippen molar-refractivity contribution in [3.63, 3.8) is 0 Å². The number of rotatable bonds is 23. The molecule has 5 nitrogen and oxygen atoms in total. The van der Waals surface area contributed by atoms with Crippen molar-refractivity contribution < 1.29 is 14.3 Å². The summed E-state index contributed by atoms with van der Waals surface area (Å²) in [7, 11) is 0. The quantitative estimate of drug-likeness (QED) is 0.107. The molecule has 4 N–H and O–H groups in total. The summed E-state index contributed by atoms with van der Waals surface area (Å²) in [6, 6.07) is -0.717. The van der Waals surface area contributed by atoms with E-state index >= 15 is 0 Å². The molecule has 1 atom stereocenters. The highest BCUT2D eigenvalue weighted by atomic mass is 16.6. The highest BCUT2D eigenvalue weighted by Crippen LogP contribution is 2.14.